The van der Waals surface area contributed by atoms with Crippen LogP contribution in [0.5, 0.6) is 0 Å². The van der Waals surface area contributed by atoms with Crippen LogP contribution < -0.4 is 5.32 Å². The van der Waals surface area contributed by atoms with Gasteiger partial charge in [0.15, 0.2) is 14.9 Å². The Morgan fingerprint density at radius 2 is 2.00 bits per heavy atom. The highest BCUT2D eigenvalue weighted by molar-refractivity contribution is 9.10. The molecule has 0 saturated heterocycles. The number of hydrogen-bond acceptors (Lipinski definition) is 4. The molecule has 0 aliphatic carbocycles. The van der Waals surface area contributed by atoms with Gasteiger partial charge in [0.1, 0.15) is 5.82 Å². The van der Waals surface area contributed by atoms with E-state index in [4.69, 9.17) is 0 Å². The van der Waals surface area contributed by atoms with Crippen molar-refractivity contribution in [1.82, 2.24) is 4.98 Å². The first-order valence-corrected chi connectivity index (χ1v) is 8.38. The number of carbonyl (C=O) groups is 1. The predicted molar refractivity (Wildman–Crippen MR) is 79.4 cm³/mol. The van der Waals surface area contributed by atoms with Crippen molar-refractivity contribution >= 4 is 37.4 Å². The molecular formula is C13H10BrFN2O3S. The first-order valence-electron chi connectivity index (χ1n) is 5.70. The fourth-order valence-corrected chi connectivity index (χ4v) is 2.46. The lowest BCUT2D eigenvalue weighted by Gasteiger charge is -2.07. The van der Waals surface area contributed by atoms with E-state index in [2.05, 4.69) is 26.2 Å². The van der Waals surface area contributed by atoms with Crippen molar-refractivity contribution in [2.24, 2.45) is 0 Å². The van der Waals surface area contributed by atoms with E-state index in [0.717, 1.165) is 6.26 Å². The Hall–Kier alpha value is -1.80. The summed E-state index contributed by atoms with van der Waals surface area (Å²) >= 11 is 3.16. The standard InChI is InChI=1S/C13H10BrFN2O3S/c1-21(19,20)12-5-3-9(7-16-12)17-13(18)10-6-8(14)2-4-11(10)15/h2-7H,1H3,(H,17,18). The Morgan fingerprint density at radius 1 is 1.29 bits per heavy atom. The number of aromatic nitrogens is 1. The van der Waals surface area contributed by atoms with Crippen molar-refractivity contribution in [1.29, 1.82) is 0 Å². The normalized spacial score (nSPS) is 11.2. The van der Waals surface area contributed by atoms with Crippen LogP contribution in [0, 0.1) is 5.82 Å². The van der Waals surface area contributed by atoms with Crippen molar-refractivity contribution < 1.29 is 17.6 Å². The van der Waals surface area contributed by atoms with Gasteiger partial charge >= 0.3 is 0 Å². The van der Waals surface area contributed by atoms with E-state index < -0.39 is 21.6 Å². The zero-order valence-corrected chi connectivity index (χ0v) is 13.2. The van der Waals surface area contributed by atoms with E-state index in [1.807, 2.05) is 0 Å². The third-order valence-electron chi connectivity index (χ3n) is 2.55. The minimum absolute atomic E-state index is 0.103. The van der Waals surface area contributed by atoms with E-state index in [9.17, 15) is 17.6 Å². The summed E-state index contributed by atoms with van der Waals surface area (Å²) in [7, 11) is -3.40. The molecule has 2 aromatic rings. The van der Waals surface area contributed by atoms with Crippen LogP contribution in [0.4, 0.5) is 10.1 Å². The molecule has 1 heterocycles. The van der Waals surface area contributed by atoms with Crippen molar-refractivity contribution in [3.05, 3.63) is 52.4 Å². The quantitative estimate of drug-likeness (QED) is 0.898. The SMILES string of the molecule is CS(=O)(=O)c1ccc(NC(=O)c2cc(Br)ccc2F)cn1. The summed E-state index contributed by atoms with van der Waals surface area (Å²) in [6.07, 6.45) is 2.23. The van der Waals surface area contributed by atoms with Gasteiger partial charge in [0, 0.05) is 10.7 Å². The Bertz CT molecular complexity index is 792. The molecule has 0 aliphatic rings. The van der Waals surface area contributed by atoms with Crippen LogP contribution >= 0.6 is 15.9 Å². The number of nitrogens with zero attached hydrogens (tertiary/aromatic N) is 1. The first-order chi connectivity index (χ1) is 9.77. The molecule has 0 unspecified atom stereocenters. The highest BCUT2D eigenvalue weighted by atomic mass is 79.9. The molecule has 1 aromatic carbocycles. The van der Waals surface area contributed by atoms with Gasteiger partial charge in [-0.05, 0) is 30.3 Å². The second-order valence-corrected chi connectivity index (χ2v) is 7.11. The smallest absolute Gasteiger partial charge is 0.258 e. The topological polar surface area (TPSA) is 76.1 Å². The molecule has 8 heteroatoms. The lowest BCUT2D eigenvalue weighted by molar-refractivity contribution is 0.102. The van der Waals surface area contributed by atoms with Crippen LogP contribution in [0.25, 0.3) is 0 Å². The number of pyridine rings is 1. The van der Waals surface area contributed by atoms with Crippen LogP contribution in [-0.2, 0) is 9.84 Å². The molecule has 0 saturated carbocycles. The fourth-order valence-electron chi connectivity index (χ4n) is 1.54. The molecule has 5 nitrogen and oxygen atoms in total. The number of halogens is 2. The maximum atomic E-state index is 13.6. The number of amides is 1. The molecule has 110 valence electrons. The molecule has 0 atom stereocenters. The monoisotopic (exact) mass is 372 g/mol. The minimum Gasteiger partial charge on any atom is -0.320 e. The maximum Gasteiger partial charge on any atom is 0.258 e. The summed E-state index contributed by atoms with van der Waals surface area (Å²) in [4.78, 5) is 15.7. The molecule has 0 fully saturated rings. The Kier molecular flexibility index (Phi) is 4.38. The number of sulfone groups is 1. The molecule has 0 aliphatic heterocycles. The van der Waals surface area contributed by atoms with Crippen molar-refractivity contribution in [3.8, 4) is 0 Å². The van der Waals surface area contributed by atoms with Crippen molar-refractivity contribution in [3.63, 3.8) is 0 Å². The van der Waals surface area contributed by atoms with Crippen LogP contribution in [0.15, 0.2) is 46.0 Å². The fraction of sp³-hybridized carbons (Fsp3) is 0.0769. The summed E-state index contributed by atoms with van der Waals surface area (Å²) < 4.78 is 36.7. The summed E-state index contributed by atoms with van der Waals surface area (Å²) in [6.45, 7) is 0. The Labute approximate surface area is 129 Å². The number of anilines is 1. The lowest BCUT2D eigenvalue weighted by atomic mass is 10.2. The van der Waals surface area contributed by atoms with Crippen LogP contribution in [0.2, 0.25) is 0 Å². The lowest BCUT2D eigenvalue weighted by Crippen LogP contribution is -2.14. The zero-order chi connectivity index (χ0) is 15.6. The summed E-state index contributed by atoms with van der Waals surface area (Å²) in [5.41, 5.74) is 0.142. The first kappa shape index (κ1) is 15.6. The minimum atomic E-state index is -3.40. The largest absolute Gasteiger partial charge is 0.320 e. The van der Waals surface area contributed by atoms with Crippen molar-refractivity contribution in [2.45, 2.75) is 5.03 Å². The predicted octanol–water partition coefficient (Wildman–Crippen LogP) is 2.64. The Morgan fingerprint density at radius 3 is 2.57 bits per heavy atom. The third kappa shape index (κ3) is 3.85. The zero-order valence-electron chi connectivity index (χ0n) is 10.8. The summed E-state index contributed by atoms with van der Waals surface area (Å²) in [6, 6.07) is 6.65. The van der Waals surface area contributed by atoms with Gasteiger partial charge < -0.3 is 5.32 Å². The molecule has 1 amide bonds. The molecule has 21 heavy (non-hydrogen) atoms. The maximum absolute atomic E-state index is 13.6. The van der Waals surface area contributed by atoms with E-state index >= 15 is 0 Å². The van der Waals surface area contributed by atoms with E-state index in [-0.39, 0.29) is 16.3 Å². The number of nitrogens with one attached hydrogen (secondary N) is 1. The highest BCUT2D eigenvalue weighted by Gasteiger charge is 2.13. The number of rotatable bonds is 3. The van der Waals surface area contributed by atoms with Gasteiger partial charge in [-0.1, -0.05) is 15.9 Å². The molecule has 2 rings (SSSR count). The summed E-state index contributed by atoms with van der Waals surface area (Å²) in [5.74, 6) is -1.31. The molecule has 0 radical (unpaired) electrons. The molecule has 0 bridgehead atoms. The van der Waals surface area contributed by atoms with Gasteiger partial charge in [-0.25, -0.2) is 17.8 Å². The number of hydrogen-bond donors (Lipinski definition) is 1. The van der Waals surface area contributed by atoms with Crippen LogP contribution in [0.3, 0.4) is 0 Å². The molecule has 1 N–H and O–H groups in total. The molecular weight excluding hydrogens is 363 g/mol. The van der Waals surface area contributed by atoms with Gasteiger partial charge in [0.25, 0.3) is 5.91 Å². The average Bonchev–Trinajstić information content (AvgIpc) is 2.41. The van der Waals surface area contributed by atoms with E-state index in [1.165, 1.54) is 36.5 Å². The van der Waals surface area contributed by atoms with E-state index in [1.54, 1.807) is 0 Å². The molecule has 1 aromatic heterocycles. The number of carbonyl (C=O) groups excluding carboxylic acids is 1. The van der Waals surface area contributed by atoms with Gasteiger partial charge in [-0.15, -0.1) is 0 Å². The van der Waals surface area contributed by atoms with E-state index in [0.29, 0.717) is 4.47 Å². The van der Waals surface area contributed by atoms with Gasteiger partial charge in [-0.2, -0.15) is 0 Å². The highest BCUT2D eigenvalue weighted by Crippen LogP contribution is 2.17. The van der Waals surface area contributed by atoms with Gasteiger partial charge in [0.05, 0.1) is 17.4 Å². The van der Waals surface area contributed by atoms with Gasteiger partial charge in [0.2, 0.25) is 0 Å². The van der Waals surface area contributed by atoms with Crippen LogP contribution in [-0.4, -0.2) is 25.6 Å². The average molecular weight is 373 g/mol. The Balaban J connectivity index is 2.22. The second kappa shape index (κ2) is 5.90. The summed E-state index contributed by atoms with van der Waals surface area (Å²) in [5, 5.41) is 2.35. The van der Waals surface area contributed by atoms with Gasteiger partial charge in [-0.3, -0.25) is 4.79 Å². The second-order valence-electron chi connectivity index (χ2n) is 4.24. The van der Waals surface area contributed by atoms with Crippen LogP contribution in [0.1, 0.15) is 10.4 Å². The van der Waals surface area contributed by atoms with Crippen molar-refractivity contribution in [2.75, 3.05) is 11.6 Å². The molecule has 0 spiro atoms. The third-order valence-corrected chi connectivity index (χ3v) is 4.04. The number of benzene rings is 1.